The minimum atomic E-state index is -3.13. The highest BCUT2D eigenvalue weighted by atomic mass is 31.1. The fourth-order valence-electron chi connectivity index (χ4n) is 3.25. The van der Waals surface area contributed by atoms with Gasteiger partial charge in [-0.25, -0.2) is 0 Å². The Balaban J connectivity index is 0. The molecular formula is C21H47O3P. The first-order chi connectivity index (χ1) is 11.8. The van der Waals surface area contributed by atoms with Crippen LogP contribution in [0.25, 0.3) is 0 Å². The molecule has 0 bridgehead atoms. The van der Waals surface area contributed by atoms with Crippen molar-refractivity contribution in [3.63, 3.8) is 0 Å². The Labute approximate surface area is 159 Å². The number of hydrogen-bond acceptors (Lipinski definition) is 1. The Hall–Kier alpha value is 0.150. The normalized spacial score (nSPS) is 11.5. The molecule has 0 saturated carbocycles. The molecule has 0 heterocycles. The molecule has 0 saturated heterocycles. The number of hydrogen-bond donors (Lipinski definition) is 2. The molecule has 0 radical (unpaired) electrons. The van der Waals surface area contributed by atoms with Crippen molar-refractivity contribution < 1.29 is 14.4 Å². The molecule has 0 spiro atoms. The summed E-state index contributed by atoms with van der Waals surface area (Å²) in [5, 5.41) is 0. The van der Waals surface area contributed by atoms with Crippen molar-refractivity contribution in [2.75, 3.05) is 0 Å². The van der Waals surface area contributed by atoms with Crippen LogP contribution in [-0.2, 0) is 4.57 Å². The maximum absolute atomic E-state index is 8.74. The van der Waals surface area contributed by atoms with Gasteiger partial charge in [0.05, 0.1) is 0 Å². The van der Waals surface area contributed by atoms with E-state index in [0.29, 0.717) is 0 Å². The zero-order valence-electron chi connectivity index (χ0n) is 17.7. The van der Waals surface area contributed by atoms with Gasteiger partial charge in [-0.15, -0.1) is 0 Å². The molecule has 3 nitrogen and oxygen atoms in total. The monoisotopic (exact) mass is 378 g/mol. The largest absolute Gasteiger partial charge is 0.326 e. The van der Waals surface area contributed by atoms with Crippen LogP contribution in [0.1, 0.15) is 118 Å². The van der Waals surface area contributed by atoms with Gasteiger partial charge in [0.1, 0.15) is 0 Å². The van der Waals surface area contributed by atoms with Gasteiger partial charge in [0, 0.05) is 0 Å². The van der Waals surface area contributed by atoms with Gasteiger partial charge in [0.15, 0.2) is 0 Å². The average molecular weight is 379 g/mol. The van der Waals surface area contributed by atoms with Crippen molar-refractivity contribution in [1.29, 1.82) is 0 Å². The standard InChI is InChI=1S/C21H44.H3O3P/c1-6-7-16-21(17-12-8-10-14-19(2)3)18-13-9-11-15-20(4)5;1-4(2)3/h19-21H,6-18H2,1-5H3;4H,(H2,1,2,3). The SMILES string of the molecule is CCCCC(CCCCCC(C)C)CCCCCC(C)C.O=[PH](O)O. The van der Waals surface area contributed by atoms with Gasteiger partial charge < -0.3 is 9.79 Å². The summed E-state index contributed by atoms with van der Waals surface area (Å²) in [6.45, 7) is 11.7. The first kappa shape index (κ1) is 27.4. The van der Waals surface area contributed by atoms with Crippen LogP contribution in [0.4, 0.5) is 0 Å². The molecule has 25 heavy (non-hydrogen) atoms. The van der Waals surface area contributed by atoms with Crippen LogP contribution in [-0.4, -0.2) is 9.79 Å². The molecule has 0 rings (SSSR count). The summed E-state index contributed by atoms with van der Waals surface area (Å²) in [7, 11) is -3.13. The Kier molecular flexibility index (Phi) is 22.4. The Morgan fingerprint density at radius 3 is 1.28 bits per heavy atom. The van der Waals surface area contributed by atoms with Gasteiger partial charge in [0.25, 0.3) is 0 Å². The molecule has 0 unspecified atom stereocenters. The highest BCUT2D eigenvalue weighted by molar-refractivity contribution is 7.30. The van der Waals surface area contributed by atoms with E-state index in [1.165, 1.54) is 83.5 Å². The lowest BCUT2D eigenvalue weighted by Gasteiger charge is -2.17. The molecule has 0 amide bonds. The molecule has 154 valence electrons. The lowest BCUT2D eigenvalue weighted by Crippen LogP contribution is -2.01. The van der Waals surface area contributed by atoms with Crippen LogP contribution in [0, 0.1) is 17.8 Å². The fourth-order valence-corrected chi connectivity index (χ4v) is 3.25. The van der Waals surface area contributed by atoms with Crippen molar-refractivity contribution in [3.05, 3.63) is 0 Å². The summed E-state index contributed by atoms with van der Waals surface area (Å²) in [6, 6.07) is 0. The molecule has 0 aliphatic heterocycles. The molecule has 0 fully saturated rings. The van der Waals surface area contributed by atoms with Crippen molar-refractivity contribution in [3.8, 4) is 0 Å². The third-order valence-electron chi connectivity index (χ3n) is 4.75. The first-order valence-corrected chi connectivity index (χ1v) is 12.0. The highest BCUT2D eigenvalue weighted by Gasteiger charge is 2.08. The van der Waals surface area contributed by atoms with Crippen LogP contribution in [0.3, 0.4) is 0 Å². The third kappa shape index (κ3) is 29.2. The van der Waals surface area contributed by atoms with E-state index in [-0.39, 0.29) is 0 Å². The maximum atomic E-state index is 8.74. The number of rotatable bonds is 15. The molecule has 0 aliphatic carbocycles. The van der Waals surface area contributed by atoms with E-state index in [9.17, 15) is 0 Å². The summed E-state index contributed by atoms with van der Waals surface area (Å²) < 4.78 is 8.74. The van der Waals surface area contributed by atoms with Crippen LogP contribution in [0.15, 0.2) is 0 Å². The summed E-state index contributed by atoms with van der Waals surface area (Å²) in [6.07, 6.45) is 19.0. The predicted molar refractivity (Wildman–Crippen MR) is 112 cm³/mol. The van der Waals surface area contributed by atoms with Gasteiger partial charge in [-0.2, -0.15) is 0 Å². The molecular weight excluding hydrogens is 331 g/mol. The van der Waals surface area contributed by atoms with Crippen LogP contribution in [0.5, 0.6) is 0 Å². The quantitative estimate of drug-likeness (QED) is 0.231. The predicted octanol–water partition coefficient (Wildman–Crippen LogP) is 7.37. The van der Waals surface area contributed by atoms with Crippen LogP contribution in [0.2, 0.25) is 0 Å². The second-order valence-corrected chi connectivity index (χ2v) is 8.92. The van der Waals surface area contributed by atoms with Crippen LogP contribution < -0.4 is 0 Å². The molecule has 2 N–H and O–H groups in total. The van der Waals surface area contributed by atoms with E-state index in [0.717, 1.165) is 17.8 Å². The molecule has 0 aromatic carbocycles. The summed E-state index contributed by atoms with van der Waals surface area (Å²) >= 11 is 0. The fraction of sp³-hybridized carbons (Fsp3) is 1.00. The average Bonchev–Trinajstić information content (AvgIpc) is 2.49. The van der Waals surface area contributed by atoms with E-state index in [1.807, 2.05) is 0 Å². The summed E-state index contributed by atoms with van der Waals surface area (Å²) in [5.74, 6) is 2.81. The van der Waals surface area contributed by atoms with Crippen molar-refractivity contribution in [2.45, 2.75) is 118 Å². The minimum absolute atomic E-state index is 0.891. The van der Waals surface area contributed by atoms with Crippen LogP contribution >= 0.6 is 8.25 Å². The Morgan fingerprint density at radius 2 is 0.960 bits per heavy atom. The minimum Gasteiger partial charge on any atom is -0.326 e. The second kappa shape index (κ2) is 20.5. The lowest BCUT2D eigenvalue weighted by atomic mass is 9.89. The molecule has 0 atom stereocenters. The van der Waals surface area contributed by atoms with Crippen molar-refractivity contribution >= 4 is 8.25 Å². The smallest absolute Gasteiger partial charge is 0.314 e. The lowest BCUT2D eigenvalue weighted by molar-refractivity contribution is 0.366. The van der Waals surface area contributed by atoms with Gasteiger partial charge in [0.2, 0.25) is 0 Å². The van der Waals surface area contributed by atoms with Crippen molar-refractivity contribution in [2.24, 2.45) is 17.8 Å². The summed E-state index contributed by atoms with van der Waals surface area (Å²) in [5.41, 5.74) is 0. The van der Waals surface area contributed by atoms with E-state index in [4.69, 9.17) is 14.4 Å². The molecule has 0 aliphatic rings. The maximum Gasteiger partial charge on any atom is 0.314 e. The van der Waals surface area contributed by atoms with E-state index < -0.39 is 8.25 Å². The van der Waals surface area contributed by atoms with E-state index in [1.54, 1.807) is 0 Å². The highest BCUT2D eigenvalue weighted by Crippen LogP contribution is 2.24. The first-order valence-electron chi connectivity index (χ1n) is 10.7. The molecule has 0 aromatic heterocycles. The third-order valence-corrected chi connectivity index (χ3v) is 4.75. The van der Waals surface area contributed by atoms with Gasteiger partial charge >= 0.3 is 8.25 Å². The number of unbranched alkanes of at least 4 members (excludes halogenated alkanes) is 5. The van der Waals surface area contributed by atoms with Gasteiger partial charge in [-0.1, -0.05) is 118 Å². The second-order valence-electron chi connectivity index (χ2n) is 8.35. The Morgan fingerprint density at radius 1 is 0.640 bits per heavy atom. The summed E-state index contributed by atoms with van der Waals surface area (Å²) in [4.78, 5) is 14.3. The van der Waals surface area contributed by atoms with Crippen molar-refractivity contribution in [1.82, 2.24) is 0 Å². The zero-order valence-corrected chi connectivity index (χ0v) is 18.7. The topological polar surface area (TPSA) is 57.5 Å². The van der Waals surface area contributed by atoms with Gasteiger partial charge in [-0.05, 0) is 17.8 Å². The van der Waals surface area contributed by atoms with E-state index in [2.05, 4.69) is 34.6 Å². The zero-order chi connectivity index (χ0) is 19.5. The Bertz CT molecular complexity index is 258. The molecule has 4 heteroatoms. The van der Waals surface area contributed by atoms with Gasteiger partial charge in [-0.3, -0.25) is 4.57 Å². The molecule has 0 aromatic rings. The van der Waals surface area contributed by atoms with E-state index >= 15 is 0 Å².